The van der Waals surface area contributed by atoms with E-state index < -0.39 is 16.2 Å². The van der Waals surface area contributed by atoms with Crippen molar-refractivity contribution in [1.82, 2.24) is 14.8 Å². The number of benzene rings is 1. The minimum atomic E-state index is -0.819. The number of nitro benzene ring substituents is 1. The molecule has 0 saturated heterocycles. The van der Waals surface area contributed by atoms with Crippen molar-refractivity contribution in [3.63, 3.8) is 0 Å². The number of hydrogen-bond donors (Lipinski definition) is 2. The summed E-state index contributed by atoms with van der Waals surface area (Å²) < 4.78 is 1.30. The first-order chi connectivity index (χ1) is 8.80. The van der Waals surface area contributed by atoms with Crippen LogP contribution in [0.15, 0.2) is 29.1 Å². The quantitative estimate of drug-likeness (QED) is 0.622. The van der Waals surface area contributed by atoms with Gasteiger partial charge in [0.05, 0.1) is 16.1 Å². The van der Waals surface area contributed by atoms with Crippen LogP contribution in [0.25, 0.3) is 5.69 Å². The zero-order valence-electron chi connectivity index (χ0n) is 10.5. The molecule has 0 radical (unpaired) electrons. The Bertz CT molecular complexity index is 663. The minimum absolute atomic E-state index is 0.0474. The van der Waals surface area contributed by atoms with E-state index in [0.29, 0.717) is 11.5 Å². The average Bonchev–Trinajstić information content (AvgIpc) is 2.71. The summed E-state index contributed by atoms with van der Waals surface area (Å²) in [5.74, 6) is 0.353. The number of rotatable bonds is 3. The maximum Gasteiger partial charge on any atom is 0.347 e. The second-order valence-electron chi connectivity index (χ2n) is 4.68. The Morgan fingerprint density at radius 2 is 1.95 bits per heavy atom. The number of nitrogens with two attached hydrogens (primary N) is 1. The first-order valence-electron chi connectivity index (χ1n) is 5.52. The van der Waals surface area contributed by atoms with Crippen LogP contribution in [-0.2, 0) is 5.54 Å². The van der Waals surface area contributed by atoms with E-state index in [0.717, 1.165) is 0 Å². The molecule has 100 valence electrons. The summed E-state index contributed by atoms with van der Waals surface area (Å²) in [5, 5.41) is 16.8. The molecule has 0 bridgehead atoms. The topological polar surface area (TPSA) is 120 Å². The molecule has 0 saturated carbocycles. The van der Waals surface area contributed by atoms with Crippen LogP contribution in [0.3, 0.4) is 0 Å². The van der Waals surface area contributed by atoms with Crippen molar-refractivity contribution in [2.45, 2.75) is 19.4 Å². The van der Waals surface area contributed by atoms with Gasteiger partial charge in [0.15, 0.2) is 5.82 Å². The van der Waals surface area contributed by atoms with Crippen LogP contribution in [-0.4, -0.2) is 19.7 Å². The van der Waals surface area contributed by atoms with Crippen molar-refractivity contribution in [1.29, 1.82) is 0 Å². The molecule has 2 rings (SSSR count). The third-order valence-corrected chi connectivity index (χ3v) is 2.57. The van der Waals surface area contributed by atoms with E-state index in [1.54, 1.807) is 13.8 Å². The van der Waals surface area contributed by atoms with E-state index in [2.05, 4.69) is 10.2 Å². The SMILES string of the molecule is CC(C)(N)c1n[nH]c(=O)n1-c1ccc([N+](=O)[O-])cc1. The van der Waals surface area contributed by atoms with Gasteiger partial charge in [-0.1, -0.05) is 0 Å². The maximum atomic E-state index is 11.8. The van der Waals surface area contributed by atoms with Crippen molar-refractivity contribution in [3.8, 4) is 5.69 Å². The lowest BCUT2D eigenvalue weighted by atomic mass is 10.1. The van der Waals surface area contributed by atoms with Crippen LogP contribution in [0, 0.1) is 10.1 Å². The summed E-state index contributed by atoms with van der Waals surface area (Å²) in [7, 11) is 0. The summed E-state index contributed by atoms with van der Waals surface area (Å²) in [5.41, 5.74) is 5.10. The summed E-state index contributed by atoms with van der Waals surface area (Å²) >= 11 is 0. The number of nitrogens with one attached hydrogen (secondary N) is 1. The van der Waals surface area contributed by atoms with Crippen LogP contribution < -0.4 is 11.4 Å². The molecule has 0 aliphatic heterocycles. The zero-order chi connectivity index (χ0) is 14.2. The monoisotopic (exact) mass is 263 g/mol. The van der Waals surface area contributed by atoms with Gasteiger partial charge >= 0.3 is 5.69 Å². The van der Waals surface area contributed by atoms with Crippen LogP contribution in [0.5, 0.6) is 0 Å². The lowest BCUT2D eigenvalue weighted by Gasteiger charge is -2.18. The molecule has 0 spiro atoms. The number of H-pyrrole nitrogens is 1. The molecule has 1 heterocycles. The predicted octanol–water partition coefficient (Wildman–Crippen LogP) is 0.663. The number of nitrogens with zero attached hydrogens (tertiary/aromatic N) is 3. The van der Waals surface area contributed by atoms with Crippen LogP contribution >= 0.6 is 0 Å². The second-order valence-corrected chi connectivity index (χ2v) is 4.68. The Labute approximate surface area is 108 Å². The molecule has 1 aromatic carbocycles. The largest absolute Gasteiger partial charge is 0.347 e. The van der Waals surface area contributed by atoms with E-state index in [9.17, 15) is 14.9 Å². The van der Waals surface area contributed by atoms with Crippen LogP contribution in [0.1, 0.15) is 19.7 Å². The highest BCUT2D eigenvalue weighted by Gasteiger charge is 2.24. The summed E-state index contributed by atoms with van der Waals surface area (Å²) in [4.78, 5) is 21.8. The van der Waals surface area contributed by atoms with E-state index in [1.807, 2.05) is 0 Å². The molecule has 0 amide bonds. The highest BCUT2D eigenvalue weighted by Crippen LogP contribution is 2.19. The molecule has 0 aliphatic rings. The Hall–Kier alpha value is -2.48. The Balaban J connectivity index is 2.56. The molecule has 8 heteroatoms. The second kappa shape index (κ2) is 4.32. The molecular formula is C11H13N5O3. The molecule has 19 heavy (non-hydrogen) atoms. The minimum Gasteiger partial charge on any atom is -0.319 e. The van der Waals surface area contributed by atoms with E-state index in [4.69, 9.17) is 5.73 Å². The Morgan fingerprint density at radius 3 is 2.42 bits per heavy atom. The van der Waals surface area contributed by atoms with Gasteiger partial charge < -0.3 is 5.73 Å². The molecule has 0 fully saturated rings. The van der Waals surface area contributed by atoms with Crippen molar-refractivity contribution >= 4 is 5.69 Å². The first-order valence-corrected chi connectivity index (χ1v) is 5.52. The summed E-state index contributed by atoms with van der Waals surface area (Å²) in [6.07, 6.45) is 0. The number of nitro groups is 1. The lowest BCUT2D eigenvalue weighted by molar-refractivity contribution is -0.384. The Morgan fingerprint density at radius 1 is 1.37 bits per heavy atom. The molecular weight excluding hydrogens is 250 g/mol. The van der Waals surface area contributed by atoms with Crippen LogP contribution in [0.2, 0.25) is 0 Å². The maximum absolute atomic E-state index is 11.8. The molecule has 2 aromatic rings. The molecule has 0 atom stereocenters. The number of aromatic amines is 1. The van der Waals surface area contributed by atoms with E-state index >= 15 is 0 Å². The van der Waals surface area contributed by atoms with Gasteiger partial charge in [0, 0.05) is 12.1 Å². The van der Waals surface area contributed by atoms with Crippen molar-refractivity contribution in [3.05, 3.63) is 50.7 Å². The molecule has 1 aromatic heterocycles. The van der Waals surface area contributed by atoms with Crippen molar-refractivity contribution in [2.75, 3.05) is 0 Å². The smallest absolute Gasteiger partial charge is 0.319 e. The number of aromatic nitrogens is 3. The van der Waals surface area contributed by atoms with Crippen molar-refractivity contribution in [2.24, 2.45) is 5.73 Å². The fraction of sp³-hybridized carbons (Fsp3) is 0.273. The fourth-order valence-corrected chi connectivity index (χ4v) is 1.69. The zero-order valence-corrected chi connectivity index (χ0v) is 10.5. The molecule has 0 unspecified atom stereocenters. The van der Waals surface area contributed by atoms with Gasteiger partial charge in [-0.15, -0.1) is 0 Å². The van der Waals surface area contributed by atoms with Gasteiger partial charge in [-0.25, -0.2) is 14.5 Å². The first kappa shape index (κ1) is 13.0. The highest BCUT2D eigenvalue weighted by molar-refractivity contribution is 5.41. The normalized spacial score (nSPS) is 11.5. The predicted molar refractivity (Wildman–Crippen MR) is 68.1 cm³/mol. The van der Waals surface area contributed by atoms with E-state index in [-0.39, 0.29) is 5.69 Å². The van der Waals surface area contributed by atoms with Gasteiger partial charge in [-0.3, -0.25) is 10.1 Å². The molecule has 0 aliphatic carbocycles. The van der Waals surface area contributed by atoms with E-state index in [1.165, 1.54) is 28.8 Å². The van der Waals surface area contributed by atoms with Gasteiger partial charge in [0.1, 0.15) is 0 Å². The lowest BCUT2D eigenvalue weighted by Crippen LogP contribution is -2.34. The van der Waals surface area contributed by atoms with Crippen molar-refractivity contribution < 1.29 is 4.92 Å². The molecule has 8 nitrogen and oxygen atoms in total. The Kier molecular flexibility index (Phi) is 2.95. The summed E-state index contributed by atoms with van der Waals surface area (Å²) in [6.45, 7) is 3.43. The molecule has 3 N–H and O–H groups in total. The fourth-order valence-electron chi connectivity index (χ4n) is 1.69. The van der Waals surface area contributed by atoms with Gasteiger partial charge in [0.25, 0.3) is 5.69 Å². The number of non-ortho nitro benzene ring substituents is 1. The summed E-state index contributed by atoms with van der Waals surface area (Å²) in [6, 6.07) is 5.60. The highest BCUT2D eigenvalue weighted by atomic mass is 16.6. The third kappa shape index (κ3) is 2.38. The average molecular weight is 263 g/mol. The van der Waals surface area contributed by atoms with Gasteiger partial charge in [0.2, 0.25) is 0 Å². The van der Waals surface area contributed by atoms with Crippen LogP contribution in [0.4, 0.5) is 5.69 Å². The standard InChI is InChI=1S/C11H13N5O3/c1-11(2,12)9-13-14-10(17)15(9)7-3-5-8(6-4-7)16(18)19/h3-6H,12H2,1-2H3,(H,14,17). The third-order valence-electron chi connectivity index (χ3n) is 2.57. The van der Waals surface area contributed by atoms with Gasteiger partial charge in [-0.2, -0.15) is 5.10 Å². The number of hydrogen-bond acceptors (Lipinski definition) is 5. The van der Waals surface area contributed by atoms with Gasteiger partial charge in [-0.05, 0) is 26.0 Å².